The van der Waals surface area contributed by atoms with Crippen LogP contribution in [0.5, 0.6) is 0 Å². The number of carbonyl (C=O) groups excluding carboxylic acids is 2. The Morgan fingerprint density at radius 1 is 1.21 bits per heavy atom. The van der Waals surface area contributed by atoms with Crippen molar-refractivity contribution in [1.29, 1.82) is 0 Å². The predicted octanol–water partition coefficient (Wildman–Crippen LogP) is 3.09. The summed E-state index contributed by atoms with van der Waals surface area (Å²) in [5.41, 5.74) is -0.502. The van der Waals surface area contributed by atoms with Gasteiger partial charge in [0, 0.05) is 22.3 Å². The first kappa shape index (κ1) is 17.6. The van der Waals surface area contributed by atoms with Gasteiger partial charge in [0.15, 0.2) is 6.61 Å². The Morgan fingerprint density at radius 2 is 1.92 bits per heavy atom. The maximum Gasteiger partial charge on any atom is 0.357 e. The number of nitrogens with zero attached hydrogens (tertiary/aromatic N) is 2. The third-order valence-corrected chi connectivity index (χ3v) is 3.17. The minimum Gasteiger partial charge on any atom is -0.451 e. The SMILES string of the molecule is O=C(COC(=O)c1cc(Cl)ccn1)Nc1ccc(Cl)cc1[N+](=O)[O-]. The van der Waals surface area contributed by atoms with Gasteiger partial charge in [-0.1, -0.05) is 23.2 Å². The van der Waals surface area contributed by atoms with E-state index in [0.29, 0.717) is 0 Å². The summed E-state index contributed by atoms with van der Waals surface area (Å²) in [6.45, 7) is -0.646. The Hall–Kier alpha value is -2.71. The molecule has 0 saturated carbocycles. The van der Waals surface area contributed by atoms with Gasteiger partial charge < -0.3 is 10.1 Å². The smallest absolute Gasteiger partial charge is 0.357 e. The maximum absolute atomic E-state index is 11.8. The lowest BCUT2D eigenvalue weighted by Gasteiger charge is -2.07. The zero-order valence-electron chi connectivity index (χ0n) is 11.9. The average Bonchev–Trinajstić information content (AvgIpc) is 2.54. The molecule has 10 heteroatoms. The van der Waals surface area contributed by atoms with Crippen LogP contribution in [0.2, 0.25) is 10.0 Å². The second-order valence-electron chi connectivity index (χ2n) is 4.40. The summed E-state index contributed by atoms with van der Waals surface area (Å²) in [6.07, 6.45) is 1.32. The summed E-state index contributed by atoms with van der Waals surface area (Å²) >= 11 is 11.4. The molecule has 0 atom stereocenters. The number of rotatable bonds is 5. The fourth-order valence-electron chi connectivity index (χ4n) is 1.67. The highest BCUT2D eigenvalue weighted by molar-refractivity contribution is 6.31. The largest absolute Gasteiger partial charge is 0.451 e. The molecule has 1 amide bonds. The first-order chi connectivity index (χ1) is 11.4. The van der Waals surface area contributed by atoms with Crippen LogP contribution < -0.4 is 5.32 Å². The van der Waals surface area contributed by atoms with E-state index < -0.39 is 23.4 Å². The topological polar surface area (TPSA) is 111 Å². The lowest BCUT2D eigenvalue weighted by molar-refractivity contribution is -0.383. The molecule has 0 saturated heterocycles. The Morgan fingerprint density at radius 3 is 2.58 bits per heavy atom. The summed E-state index contributed by atoms with van der Waals surface area (Å²) in [7, 11) is 0. The monoisotopic (exact) mass is 369 g/mol. The van der Waals surface area contributed by atoms with Crippen molar-refractivity contribution >= 4 is 46.5 Å². The van der Waals surface area contributed by atoms with E-state index in [9.17, 15) is 19.7 Å². The Labute approximate surface area is 145 Å². The third kappa shape index (κ3) is 4.64. The molecule has 0 radical (unpaired) electrons. The first-order valence-corrected chi connectivity index (χ1v) is 7.15. The van der Waals surface area contributed by atoms with E-state index >= 15 is 0 Å². The van der Waals surface area contributed by atoms with Gasteiger partial charge in [-0.25, -0.2) is 9.78 Å². The highest BCUT2D eigenvalue weighted by atomic mass is 35.5. The van der Waals surface area contributed by atoms with E-state index in [1.165, 1.54) is 30.5 Å². The number of nitrogens with one attached hydrogen (secondary N) is 1. The van der Waals surface area contributed by atoms with E-state index in [4.69, 9.17) is 27.9 Å². The van der Waals surface area contributed by atoms with Gasteiger partial charge in [0.1, 0.15) is 11.4 Å². The number of amides is 1. The molecule has 2 rings (SSSR count). The molecular formula is C14H9Cl2N3O5. The normalized spacial score (nSPS) is 10.1. The number of aromatic nitrogens is 1. The van der Waals surface area contributed by atoms with Crippen molar-refractivity contribution in [2.24, 2.45) is 0 Å². The summed E-state index contributed by atoms with van der Waals surface area (Å²) < 4.78 is 4.77. The standard InChI is InChI=1S/C14H9Cl2N3O5/c15-8-1-2-10(12(6-8)19(22)23)18-13(20)7-24-14(21)11-5-9(16)3-4-17-11/h1-6H,7H2,(H,18,20). The molecule has 0 fully saturated rings. The summed E-state index contributed by atoms with van der Waals surface area (Å²) in [5.74, 6) is -1.60. The van der Waals surface area contributed by atoms with Gasteiger partial charge in [-0.15, -0.1) is 0 Å². The number of hydrogen-bond acceptors (Lipinski definition) is 6. The van der Waals surface area contributed by atoms with Gasteiger partial charge in [-0.3, -0.25) is 14.9 Å². The molecule has 1 aromatic carbocycles. The number of nitro groups is 1. The second kappa shape index (κ2) is 7.71. The number of anilines is 1. The van der Waals surface area contributed by atoms with E-state index in [2.05, 4.69) is 10.3 Å². The van der Waals surface area contributed by atoms with Crippen LogP contribution in [0.3, 0.4) is 0 Å². The summed E-state index contributed by atoms with van der Waals surface area (Å²) in [5, 5.41) is 13.6. The van der Waals surface area contributed by atoms with Crippen LogP contribution in [-0.2, 0) is 9.53 Å². The molecule has 0 spiro atoms. The van der Waals surface area contributed by atoms with E-state index in [0.717, 1.165) is 6.07 Å². The molecule has 1 heterocycles. The molecule has 0 aliphatic rings. The molecule has 8 nitrogen and oxygen atoms in total. The van der Waals surface area contributed by atoms with Crippen LogP contribution >= 0.6 is 23.2 Å². The van der Waals surface area contributed by atoms with Crippen molar-refractivity contribution in [3.8, 4) is 0 Å². The van der Waals surface area contributed by atoms with Gasteiger partial charge >= 0.3 is 5.97 Å². The number of ether oxygens (including phenoxy) is 1. The Kier molecular flexibility index (Phi) is 5.67. The van der Waals surface area contributed by atoms with E-state index in [-0.39, 0.29) is 27.1 Å². The molecule has 124 valence electrons. The van der Waals surface area contributed by atoms with Gasteiger partial charge in [0.25, 0.3) is 11.6 Å². The van der Waals surface area contributed by atoms with Gasteiger partial charge in [-0.2, -0.15) is 0 Å². The van der Waals surface area contributed by atoms with Crippen molar-refractivity contribution in [1.82, 2.24) is 4.98 Å². The highest BCUT2D eigenvalue weighted by Gasteiger charge is 2.18. The lowest BCUT2D eigenvalue weighted by atomic mass is 10.2. The van der Waals surface area contributed by atoms with Crippen LogP contribution in [0.1, 0.15) is 10.5 Å². The lowest BCUT2D eigenvalue weighted by Crippen LogP contribution is -2.21. The molecule has 0 bridgehead atoms. The number of nitro benzene ring substituents is 1. The molecule has 0 unspecified atom stereocenters. The summed E-state index contributed by atoms with van der Waals surface area (Å²) in [6, 6.07) is 6.51. The van der Waals surface area contributed by atoms with E-state index in [1.807, 2.05) is 0 Å². The van der Waals surface area contributed by atoms with Crippen LogP contribution in [-0.4, -0.2) is 28.4 Å². The first-order valence-electron chi connectivity index (χ1n) is 6.39. The molecule has 0 aliphatic carbocycles. The molecule has 1 aromatic heterocycles. The van der Waals surface area contributed by atoms with E-state index in [1.54, 1.807) is 0 Å². The van der Waals surface area contributed by atoms with Crippen LogP contribution in [0.25, 0.3) is 0 Å². The minimum atomic E-state index is -0.849. The van der Waals surface area contributed by atoms with Crippen LogP contribution in [0.4, 0.5) is 11.4 Å². The van der Waals surface area contributed by atoms with Crippen molar-refractivity contribution in [2.75, 3.05) is 11.9 Å². The molecule has 2 aromatic rings. The molecule has 24 heavy (non-hydrogen) atoms. The average molecular weight is 370 g/mol. The van der Waals surface area contributed by atoms with Crippen molar-refractivity contribution in [2.45, 2.75) is 0 Å². The number of benzene rings is 1. The van der Waals surface area contributed by atoms with Gasteiger partial charge in [-0.05, 0) is 24.3 Å². The predicted molar refractivity (Wildman–Crippen MR) is 86.3 cm³/mol. The summed E-state index contributed by atoms with van der Waals surface area (Å²) in [4.78, 5) is 37.5. The Balaban J connectivity index is 1.99. The second-order valence-corrected chi connectivity index (χ2v) is 5.28. The number of hydrogen-bond donors (Lipinski definition) is 1. The highest BCUT2D eigenvalue weighted by Crippen LogP contribution is 2.27. The van der Waals surface area contributed by atoms with Gasteiger partial charge in [0.2, 0.25) is 0 Å². The number of carbonyl (C=O) groups is 2. The van der Waals surface area contributed by atoms with Crippen LogP contribution in [0.15, 0.2) is 36.5 Å². The van der Waals surface area contributed by atoms with Crippen molar-refractivity contribution < 1.29 is 19.2 Å². The minimum absolute atomic E-state index is 0.0622. The molecular weight excluding hydrogens is 361 g/mol. The molecule has 0 aliphatic heterocycles. The van der Waals surface area contributed by atoms with Gasteiger partial charge in [0.05, 0.1) is 4.92 Å². The quantitative estimate of drug-likeness (QED) is 0.492. The van der Waals surface area contributed by atoms with Crippen molar-refractivity contribution in [3.63, 3.8) is 0 Å². The fraction of sp³-hybridized carbons (Fsp3) is 0.0714. The Bertz CT molecular complexity index is 813. The molecule has 1 N–H and O–H groups in total. The zero-order chi connectivity index (χ0) is 17.7. The third-order valence-electron chi connectivity index (χ3n) is 2.70. The number of halogens is 2. The number of esters is 1. The van der Waals surface area contributed by atoms with Crippen LogP contribution in [0, 0.1) is 10.1 Å². The van der Waals surface area contributed by atoms with Crippen molar-refractivity contribution in [3.05, 3.63) is 62.4 Å². The zero-order valence-corrected chi connectivity index (χ0v) is 13.4. The number of pyridine rings is 1. The fourth-order valence-corrected chi connectivity index (χ4v) is 2.00. The maximum atomic E-state index is 11.8.